The minimum Gasteiger partial charge on any atom is -0.394 e. The number of aliphatic hydroxyl groups excluding tert-OH is 2. The van der Waals surface area contributed by atoms with E-state index >= 15 is 0 Å². The van der Waals surface area contributed by atoms with Crippen LogP contribution in [0.25, 0.3) is 0 Å². The third-order valence-corrected chi connectivity index (χ3v) is 5.03. The first kappa shape index (κ1) is 14.4. The van der Waals surface area contributed by atoms with E-state index in [0.717, 1.165) is 29.7 Å². The fourth-order valence-electron chi connectivity index (χ4n) is 3.72. The Bertz CT molecular complexity index is 739. The van der Waals surface area contributed by atoms with Crippen LogP contribution >= 0.6 is 0 Å². The van der Waals surface area contributed by atoms with Crippen molar-refractivity contribution in [2.24, 2.45) is 0 Å². The Labute approximate surface area is 135 Å². The molecule has 2 atom stereocenters. The Balaban J connectivity index is 1.85. The fourth-order valence-corrected chi connectivity index (χ4v) is 3.72. The molecule has 1 spiro atoms. The number of amides is 1. The molecule has 1 heterocycles. The first-order valence-corrected chi connectivity index (χ1v) is 7.96. The van der Waals surface area contributed by atoms with Gasteiger partial charge < -0.3 is 15.1 Å². The third-order valence-electron chi connectivity index (χ3n) is 5.03. The van der Waals surface area contributed by atoms with Gasteiger partial charge in [0.15, 0.2) is 0 Å². The summed E-state index contributed by atoms with van der Waals surface area (Å²) in [5.74, 6) is 0.0417. The molecular weight excluding hydrogens is 290 g/mol. The zero-order valence-electron chi connectivity index (χ0n) is 12.7. The molecule has 2 aromatic rings. The molecule has 0 bridgehead atoms. The second kappa shape index (κ2) is 5.18. The normalized spacial score (nSPS) is 20.4. The summed E-state index contributed by atoms with van der Waals surface area (Å²) >= 11 is 0. The monoisotopic (exact) mass is 309 g/mol. The number of hydrogen-bond acceptors (Lipinski definition) is 3. The molecule has 4 nitrogen and oxygen atoms in total. The van der Waals surface area contributed by atoms with Crippen LogP contribution in [0.3, 0.4) is 0 Å². The van der Waals surface area contributed by atoms with Gasteiger partial charge in [-0.15, -0.1) is 0 Å². The maximum Gasteiger partial charge on any atom is 0.238 e. The first-order chi connectivity index (χ1) is 11.2. The molecule has 0 unspecified atom stereocenters. The summed E-state index contributed by atoms with van der Waals surface area (Å²) in [6.45, 7) is -0.390. The van der Waals surface area contributed by atoms with Crippen LogP contribution in [0.5, 0.6) is 0 Å². The molecule has 23 heavy (non-hydrogen) atoms. The molecule has 1 aliphatic carbocycles. The van der Waals surface area contributed by atoms with Crippen LogP contribution in [0.1, 0.15) is 30.0 Å². The van der Waals surface area contributed by atoms with Gasteiger partial charge in [-0.2, -0.15) is 0 Å². The molecule has 1 aliphatic heterocycles. The maximum absolute atomic E-state index is 13.1. The van der Waals surface area contributed by atoms with Gasteiger partial charge in [-0.25, -0.2) is 0 Å². The minimum absolute atomic E-state index is 0.0417. The molecule has 1 fully saturated rings. The number of para-hydroxylation sites is 1. The number of hydrogen-bond donors (Lipinski definition) is 2. The number of aliphatic hydroxyl groups is 2. The summed E-state index contributed by atoms with van der Waals surface area (Å²) < 4.78 is 0. The summed E-state index contributed by atoms with van der Waals surface area (Å²) in [6, 6.07) is 16.7. The lowest BCUT2D eigenvalue weighted by molar-refractivity contribution is -0.121. The molecule has 0 radical (unpaired) electrons. The van der Waals surface area contributed by atoms with Crippen LogP contribution in [0, 0.1) is 0 Å². The van der Waals surface area contributed by atoms with E-state index in [4.69, 9.17) is 0 Å². The van der Waals surface area contributed by atoms with Crippen molar-refractivity contribution in [3.05, 3.63) is 65.7 Å². The number of nitrogens with zero attached hydrogens (tertiary/aromatic N) is 1. The van der Waals surface area contributed by atoms with E-state index < -0.39 is 24.2 Å². The van der Waals surface area contributed by atoms with Gasteiger partial charge in [-0.05, 0) is 30.0 Å². The Kier molecular flexibility index (Phi) is 3.25. The molecular formula is C19H19NO3. The van der Waals surface area contributed by atoms with Crippen molar-refractivity contribution >= 4 is 11.6 Å². The number of fused-ring (bicyclic) bond motifs is 2. The lowest BCUT2D eigenvalue weighted by atomic mass is 9.98. The summed E-state index contributed by atoms with van der Waals surface area (Å²) in [4.78, 5) is 14.8. The Hall–Kier alpha value is -2.17. The molecule has 2 N–H and O–H groups in total. The van der Waals surface area contributed by atoms with Crippen LogP contribution in [-0.2, 0) is 10.2 Å². The topological polar surface area (TPSA) is 60.8 Å². The summed E-state index contributed by atoms with van der Waals surface area (Å²) in [6.07, 6.45) is 0.690. The molecule has 2 aliphatic rings. The van der Waals surface area contributed by atoms with Crippen molar-refractivity contribution in [3.63, 3.8) is 0 Å². The third kappa shape index (κ3) is 2.02. The zero-order valence-corrected chi connectivity index (χ0v) is 12.7. The van der Waals surface area contributed by atoms with E-state index in [2.05, 4.69) is 0 Å². The average molecular weight is 309 g/mol. The second-order valence-corrected chi connectivity index (χ2v) is 6.38. The molecule has 4 rings (SSSR count). The number of rotatable bonds is 4. The van der Waals surface area contributed by atoms with Crippen LogP contribution in [0.2, 0.25) is 0 Å². The molecule has 1 amide bonds. The van der Waals surface area contributed by atoms with Crippen LogP contribution in [-0.4, -0.2) is 28.8 Å². The quantitative estimate of drug-likeness (QED) is 0.910. The Morgan fingerprint density at radius 1 is 1.04 bits per heavy atom. The Morgan fingerprint density at radius 2 is 1.70 bits per heavy atom. The lowest BCUT2D eigenvalue weighted by Gasteiger charge is -2.32. The van der Waals surface area contributed by atoms with Crippen LogP contribution < -0.4 is 4.90 Å². The maximum atomic E-state index is 13.1. The van der Waals surface area contributed by atoms with Gasteiger partial charge in [0, 0.05) is 5.69 Å². The van der Waals surface area contributed by atoms with Crippen molar-refractivity contribution in [3.8, 4) is 0 Å². The van der Waals surface area contributed by atoms with E-state index in [-0.39, 0.29) is 5.91 Å². The minimum atomic E-state index is -1.02. The summed E-state index contributed by atoms with van der Waals surface area (Å²) in [7, 11) is 0. The fraction of sp³-hybridized carbons (Fsp3) is 0.316. The van der Waals surface area contributed by atoms with Crippen molar-refractivity contribution in [1.82, 2.24) is 0 Å². The number of carbonyl (C=O) groups excluding carboxylic acids is 1. The Morgan fingerprint density at radius 3 is 2.35 bits per heavy atom. The van der Waals surface area contributed by atoms with Gasteiger partial charge in [0.2, 0.25) is 5.91 Å². The van der Waals surface area contributed by atoms with E-state index in [0.29, 0.717) is 0 Å². The standard InChI is InChI=1S/C19H19NO3/c21-12-16(22)17(13-6-2-1-3-7-13)20-15-9-5-4-8-14(15)19(10-11-19)18(20)23/h1-9,16-17,21-22H,10-12H2/t16-,17+/m1/s1. The zero-order chi connectivity index (χ0) is 16.0. The van der Waals surface area contributed by atoms with E-state index in [1.54, 1.807) is 4.90 Å². The summed E-state index contributed by atoms with van der Waals surface area (Å²) in [5.41, 5.74) is 2.33. The van der Waals surface area contributed by atoms with Crippen molar-refractivity contribution in [1.29, 1.82) is 0 Å². The summed E-state index contributed by atoms with van der Waals surface area (Å²) in [5, 5.41) is 19.9. The SMILES string of the molecule is O=C1N([C@@H](c2ccccc2)[C@H](O)CO)c2ccccc2C12CC2. The first-order valence-electron chi connectivity index (χ1n) is 7.96. The highest BCUT2D eigenvalue weighted by atomic mass is 16.3. The van der Waals surface area contributed by atoms with Gasteiger partial charge >= 0.3 is 0 Å². The molecule has 0 saturated heterocycles. The largest absolute Gasteiger partial charge is 0.394 e. The number of carbonyl (C=O) groups is 1. The number of benzene rings is 2. The van der Waals surface area contributed by atoms with Crippen LogP contribution in [0.4, 0.5) is 5.69 Å². The van der Waals surface area contributed by atoms with E-state index in [9.17, 15) is 15.0 Å². The van der Waals surface area contributed by atoms with Crippen molar-refractivity contribution in [2.45, 2.75) is 30.4 Å². The van der Waals surface area contributed by atoms with Crippen LogP contribution in [0.15, 0.2) is 54.6 Å². The van der Waals surface area contributed by atoms with Gasteiger partial charge in [-0.3, -0.25) is 4.79 Å². The molecule has 1 saturated carbocycles. The average Bonchev–Trinajstić information content (AvgIpc) is 3.37. The highest BCUT2D eigenvalue weighted by molar-refractivity contribution is 6.10. The molecule has 4 heteroatoms. The van der Waals surface area contributed by atoms with E-state index in [1.165, 1.54) is 0 Å². The van der Waals surface area contributed by atoms with Crippen molar-refractivity contribution < 1.29 is 15.0 Å². The van der Waals surface area contributed by atoms with Gasteiger partial charge in [0.05, 0.1) is 18.1 Å². The van der Waals surface area contributed by atoms with Gasteiger partial charge in [0.1, 0.15) is 6.10 Å². The molecule has 118 valence electrons. The lowest BCUT2D eigenvalue weighted by Crippen LogP contribution is -2.42. The predicted molar refractivity (Wildman–Crippen MR) is 87.1 cm³/mol. The number of anilines is 1. The highest BCUT2D eigenvalue weighted by Gasteiger charge is 2.60. The van der Waals surface area contributed by atoms with Gasteiger partial charge in [0.25, 0.3) is 0 Å². The highest BCUT2D eigenvalue weighted by Crippen LogP contribution is 2.59. The predicted octanol–water partition coefficient (Wildman–Crippen LogP) is 2.16. The van der Waals surface area contributed by atoms with E-state index in [1.807, 2.05) is 54.6 Å². The molecule has 0 aromatic heterocycles. The second-order valence-electron chi connectivity index (χ2n) is 6.38. The van der Waals surface area contributed by atoms with Gasteiger partial charge in [-0.1, -0.05) is 48.5 Å². The smallest absolute Gasteiger partial charge is 0.238 e. The molecule has 2 aromatic carbocycles. The van der Waals surface area contributed by atoms with Crippen molar-refractivity contribution in [2.75, 3.05) is 11.5 Å².